The number of carbonyl (C=O) groups is 1. The van der Waals surface area contributed by atoms with E-state index in [-0.39, 0.29) is 6.54 Å². The third-order valence-corrected chi connectivity index (χ3v) is 5.66. The van der Waals surface area contributed by atoms with E-state index in [0.717, 1.165) is 22.1 Å². The van der Waals surface area contributed by atoms with Gasteiger partial charge in [0.25, 0.3) is 0 Å². The van der Waals surface area contributed by atoms with Crippen LogP contribution in [0.3, 0.4) is 0 Å². The first-order valence-corrected chi connectivity index (χ1v) is 11.1. The topological polar surface area (TPSA) is 45.5 Å². The number of furan rings is 1. The molecule has 8 heteroatoms. The van der Waals surface area contributed by atoms with Gasteiger partial charge in [0.15, 0.2) is 11.6 Å². The highest BCUT2D eigenvalue weighted by Crippen LogP contribution is 2.37. The highest BCUT2D eigenvalue weighted by atomic mass is 35.5. The van der Waals surface area contributed by atoms with Crippen molar-refractivity contribution in [2.24, 2.45) is 0 Å². The van der Waals surface area contributed by atoms with Crippen LogP contribution >= 0.6 is 11.6 Å². The standard InChI is InChI=1S/C26H22ClF3N2O2/c1-3-10-32(26(33)31-25-20(29)12-18(28)13-21(25)30)14-23-24(16-5-7-17(27)8-6-16)19-11-15(2)4-9-22(19)34-23/h4-9,11-13H,3,10,14H2,1-2H3,(H,31,33). The Kier molecular flexibility index (Phi) is 6.84. The van der Waals surface area contributed by atoms with Gasteiger partial charge in [0.2, 0.25) is 0 Å². The van der Waals surface area contributed by atoms with E-state index in [4.69, 9.17) is 16.0 Å². The first-order chi connectivity index (χ1) is 16.3. The third kappa shape index (κ3) is 4.89. The van der Waals surface area contributed by atoms with Crippen molar-refractivity contribution in [1.29, 1.82) is 0 Å². The van der Waals surface area contributed by atoms with E-state index in [1.54, 1.807) is 12.1 Å². The number of carbonyl (C=O) groups excluding carboxylic acids is 1. The second-order valence-electron chi connectivity index (χ2n) is 8.00. The van der Waals surface area contributed by atoms with Gasteiger partial charge in [-0.25, -0.2) is 18.0 Å². The van der Waals surface area contributed by atoms with E-state index >= 15 is 0 Å². The van der Waals surface area contributed by atoms with E-state index in [1.165, 1.54) is 4.90 Å². The molecule has 1 aromatic heterocycles. The molecule has 0 fully saturated rings. The molecule has 0 aliphatic rings. The number of aryl methyl sites for hydroxylation is 1. The highest BCUT2D eigenvalue weighted by molar-refractivity contribution is 6.30. The van der Waals surface area contributed by atoms with Crippen LogP contribution < -0.4 is 5.32 Å². The lowest BCUT2D eigenvalue weighted by molar-refractivity contribution is 0.204. The van der Waals surface area contributed by atoms with Crippen LogP contribution in [0.15, 0.2) is 59.0 Å². The minimum absolute atomic E-state index is 0.0514. The number of rotatable bonds is 6. The van der Waals surface area contributed by atoms with Crippen molar-refractivity contribution in [3.8, 4) is 11.1 Å². The molecule has 176 valence electrons. The number of nitrogens with zero attached hydrogens (tertiary/aromatic N) is 1. The highest BCUT2D eigenvalue weighted by Gasteiger charge is 2.23. The lowest BCUT2D eigenvalue weighted by Crippen LogP contribution is -2.35. The van der Waals surface area contributed by atoms with Crippen LogP contribution in [-0.2, 0) is 6.54 Å². The lowest BCUT2D eigenvalue weighted by Gasteiger charge is -2.22. The van der Waals surface area contributed by atoms with E-state index < -0.39 is 29.2 Å². The van der Waals surface area contributed by atoms with Gasteiger partial charge in [0, 0.05) is 34.6 Å². The zero-order chi connectivity index (χ0) is 24.4. The predicted molar refractivity (Wildman–Crippen MR) is 127 cm³/mol. The van der Waals surface area contributed by atoms with Crippen molar-refractivity contribution in [1.82, 2.24) is 4.90 Å². The zero-order valence-electron chi connectivity index (χ0n) is 18.6. The fourth-order valence-corrected chi connectivity index (χ4v) is 3.98. The van der Waals surface area contributed by atoms with Crippen molar-refractivity contribution >= 4 is 34.3 Å². The molecule has 34 heavy (non-hydrogen) atoms. The molecule has 1 N–H and O–H groups in total. The number of benzene rings is 3. The maximum Gasteiger partial charge on any atom is 0.322 e. The van der Waals surface area contributed by atoms with Gasteiger partial charge in [-0.1, -0.05) is 42.3 Å². The number of amides is 2. The number of fused-ring (bicyclic) bond motifs is 1. The van der Waals surface area contributed by atoms with Crippen LogP contribution in [0.2, 0.25) is 5.02 Å². The molecule has 0 aliphatic heterocycles. The summed E-state index contributed by atoms with van der Waals surface area (Å²) in [6, 6.07) is 13.4. The normalized spacial score (nSPS) is 11.1. The predicted octanol–water partition coefficient (Wildman–Crippen LogP) is 7.92. The van der Waals surface area contributed by atoms with Gasteiger partial charge in [-0.05, 0) is 43.2 Å². The molecule has 3 aromatic carbocycles. The molecule has 0 unspecified atom stereocenters. The minimum atomic E-state index is -1.19. The van der Waals surface area contributed by atoms with Crippen molar-refractivity contribution in [3.05, 3.63) is 88.4 Å². The summed E-state index contributed by atoms with van der Waals surface area (Å²) >= 11 is 6.07. The number of halogens is 4. The summed E-state index contributed by atoms with van der Waals surface area (Å²) < 4.78 is 47.6. The Balaban J connectivity index is 1.72. The second kappa shape index (κ2) is 9.81. The molecular formula is C26H22ClF3N2O2. The molecule has 1 heterocycles. The maximum absolute atomic E-state index is 14.1. The molecule has 4 rings (SSSR count). The van der Waals surface area contributed by atoms with E-state index in [0.29, 0.717) is 41.5 Å². The van der Waals surface area contributed by atoms with Gasteiger partial charge in [-0.15, -0.1) is 0 Å². The average molecular weight is 487 g/mol. The van der Waals surface area contributed by atoms with Gasteiger partial charge in [-0.2, -0.15) is 0 Å². The first kappa shape index (κ1) is 23.7. The van der Waals surface area contributed by atoms with Crippen LogP contribution in [0.25, 0.3) is 22.1 Å². The van der Waals surface area contributed by atoms with Crippen LogP contribution in [0, 0.1) is 24.4 Å². The van der Waals surface area contributed by atoms with Gasteiger partial charge >= 0.3 is 6.03 Å². The molecular weight excluding hydrogens is 465 g/mol. The second-order valence-corrected chi connectivity index (χ2v) is 8.44. The SMILES string of the molecule is CCCN(Cc1oc2ccc(C)cc2c1-c1ccc(Cl)cc1)C(=O)Nc1c(F)cc(F)cc1F. The monoisotopic (exact) mass is 486 g/mol. The molecule has 2 amide bonds. The summed E-state index contributed by atoms with van der Waals surface area (Å²) in [4.78, 5) is 14.4. The quantitative estimate of drug-likeness (QED) is 0.301. The zero-order valence-corrected chi connectivity index (χ0v) is 19.3. The molecule has 0 radical (unpaired) electrons. The summed E-state index contributed by atoms with van der Waals surface area (Å²) in [5.41, 5.74) is 2.66. The molecule has 0 atom stereocenters. The molecule has 0 aliphatic carbocycles. The molecule has 0 saturated carbocycles. The Morgan fingerprint density at radius 1 is 1.03 bits per heavy atom. The first-order valence-electron chi connectivity index (χ1n) is 10.7. The molecule has 0 spiro atoms. The summed E-state index contributed by atoms with van der Waals surface area (Å²) in [5, 5.41) is 3.70. The summed E-state index contributed by atoms with van der Waals surface area (Å²) in [6.07, 6.45) is 0.595. The van der Waals surface area contributed by atoms with Crippen LogP contribution in [0.4, 0.5) is 23.7 Å². The Morgan fingerprint density at radius 2 is 1.71 bits per heavy atom. The van der Waals surface area contributed by atoms with Crippen molar-refractivity contribution in [2.45, 2.75) is 26.8 Å². The maximum atomic E-state index is 14.1. The summed E-state index contributed by atoms with van der Waals surface area (Å²) in [7, 11) is 0. The fourth-order valence-electron chi connectivity index (χ4n) is 3.85. The summed E-state index contributed by atoms with van der Waals surface area (Å²) in [6.45, 7) is 4.20. The van der Waals surface area contributed by atoms with Crippen molar-refractivity contribution < 1.29 is 22.4 Å². The number of urea groups is 1. The number of nitrogens with one attached hydrogen (secondary N) is 1. The molecule has 4 aromatic rings. The van der Waals surface area contributed by atoms with Gasteiger partial charge < -0.3 is 14.6 Å². The fraction of sp³-hybridized carbons (Fsp3) is 0.192. The average Bonchev–Trinajstić information content (AvgIpc) is 3.13. The van der Waals surface area contributed by atoms with Crippen molar-refractivity contribution in [2.75, 3.05) is 11.9 Å². The molecule has 0 bridgehead atoms. The van der Waals surface area contributed by atoms with Crippen LogP contribution in [0.1, 0.15) is 24.7 Å². The van der Waals surface area contributed by atoms with E-state index in [1.807, 2.05) is 44.2 Å². The Morgan fingerprint density at radius 3 is 2.35 bits per heavy atom. The number of hydrogen-bond donors (Lipinski definition) is 1. The summed E-state index contributed by atoms with van der Waals surface area (Å²) in [5.74, 6) is -2.93. The molecule has 4 nitrogen and oxygen atoms in total. The number of hydrogen-bond acceptors (Lipinski definition) is 2. The van der Waals surface area contributed by atoms with E-state index in [9.17, 15) is 18.0 Å². The Bertz CT molecular complexity index is 1330. The smallest absolute Gasteiger partial charge is 0.322 e. The largest absolute Gasteiger partial charge is 0.459 e. The van der Waals surface area contributed by atoms with Gasteiger partial charge in [0.1, 0.15) is 22.8 Å². The Hall–Kier alpha value is -3.45. The van der Waals surface area contributed by atoms with Crippen LogP contribution in [0.5, 0.6) is 0 Å². The van der Waals surface area contributed by atoms with Gasteiger partial charge in [-0.3, -0.25) is 0 Å². The third-order valence-electron chi connectivity index (χ3n) is 5.40. The Labute approximate surface area is 199 Å². The lowest BCUT2D eigenvalue weighted by atomic mass is 10.0. The van der Waals surface area contributed by atoms with Crippen LogP contribution in [-0.4, -0.2) is 17.5 Å². The van der Waals surface area contributed by atoms with Crippen molar-refractivity contribution in [3.63, 3.8) is 0 Å². The molecule has 0 saturated heterocycles. The minimum Gasteiger partial charge on any atom is -0.459 e. The number of anilines is 1. The van der Waals surface area contributed by atoms with E-state index in [2.05, 4.69) is 5.32 Å². The van der Waals surface area contributed by atoms with Gasteiger partial charge in [0.05, 0.1) is 6.54 Å².